The van der Waals surface area contributed by atoms with E-state index in [-0.39, 0.29) is 11.1 Å². The lowest BCUT2D eigenvalue weighted by Crippen LogP contribution is -2.14. The number of amides is 1. The fraction of sp³-hybridized carbons (Fsp3) is 0. The van der Waals surface area contributed by atoms with Crippen molar-refractivity contribution in [2.75, 3.05) is 5.32 Å². The van der Waals surface area contributed by atoms with Crippen LogP contribution in [0.2, 0.25) is 5.15 Å². The number of hydrogen-bond donors (Lipinski definition) is 1. The lowest BCUT2D eigenvalue weighted by atomic mass is 10.2. The third kappa shape index (κ3) is 2.78. The lowest BCUT2D eigenvalue weighted by Gasteiger charge is -2.11. The molecular formula is C15H11ClN4O. The van der Waals surface area contributed by atoms with E-state index in [1.165, 1.54) is 0 Å². The van der Waals surface area contributed by atoms with Crippen molar-refractivity contribution in [2.45, 2.75) is 0 Å². The predicted octanol–water partition coefficient (Wildman–Crippen LogP) is 3.17. The largest absolute Gasteiger partial charge is 0.320 e. The second-order valence-electron chi connectivity index (χ2n) is 4.28. The van der Waals surface area contributed by atoms with Crippen LogP contribution in [-0.4, -0.2) is 20.4 Å². The Balaban J connectivity index is 1.93. The molecule has 1 amide bonds. The Bertz CT molecular complexity index is 771. The summed E-state index contributed by atoms with van der Waals surface area (Å²) in [5.41, 5.74) is 1.82. The van der Waals surface area contributed by atoms with Crippen LogP contribution in [0.4, 0.5) is 5.69 Å². The minimum Gasteiger partial charge on any atom is -0.320 e. The molecule has 0 saturated heterocycles. The van der Waals surface area contributed by atoms with Gasteiger partial charge < -0.3 is 9.88 Å². The van der Waals surface area contributed by atoms with Gasteiger partial charge in [-0.1, -0.05) is 23.7 Å². The van der Waals surface area contributed by atoms with Gasteiger partial charge in [0.2, 0.25) is 0 Å². The zero-order chi connectivity index (χ0) is 14.7. The van der Waals surface area contributed by atoms with Gasteiger partial charge >= 0.3 is 0 Å². The van der Waals surface area contributed by atoms with Gasteiger partial charge in [-0.05, 0) is 24.3 Å². The molecule has 5 nitrogen and oxygen atoms in total. The molecule has 3 rings (SSSR count). The Morgan fingerprint density at radius 3 is 2.76 bits per heavy atom. The van der Waals surface area contributed by atoms with Crippen molar-refractivity contribution < 1.29 is 4.79 Å². The maximum atomic E-state index is 12.3. The number of benzene rings is 1. The van der Waals surface area contributed by atoms with E-state index in [1.807, 2.05) is 35.0 Å². The van der Waals surface area contributed by atoms with Crippen LogP contribution >= 0.6 is 11.6 Å². The van der Waals surface area contributed by atoms with Gasteiger partial charge in [-0.15, -0.1) is 0 Å². The molecule has 0 aliphatic rings. The standard InChI is InChI=1S/C15H11ClN4O/c16-14-11(4-3-7-18-14)15(21)19-12-5-1-2-6-13(12)20-9-8-17-10-20/h1-10H,(H,19,21). The van der Waals surface area contributed by atoms with E-state index < -0.39 is 0 Å². The number of pyridine rings is 1. The van der Waals surface area contributed by atoms with Crippen LogP contribution in [-0.2, 0) is 0 Å². The molecule has 0 unspecified atom stereocenters. The van der Waals surface area contributed by atoms with Crippen molar-refractivity contribution in [3.05, 3.63) is 72.0 Å². The van der Waals surface area contributed by atoms with E-state index in [9.17, 15) is 4.79 Å². The molecule has 0 saturated carbocycles. The van der Waals surface area contributed by atoms with Crippen molar-refractivity contribution in [1.82, 2.24) is 14.5 Å². The molecule has 0 aliphatic carbocycles. The number of para-hydroxylation sites is 2. The van der Waals surface area contributed by atoms with E-state index in [2.05, 4.69) is 15.3 Å². The van der Waals surface area contributed by atoms with Crippen molar-refractivity contribution in [3.8, 4) is 5.69 Å². The molecule has 1 N–H and O–H groups in total. The topological polar surface area (TPSA) is 59.8 Å². The molecule has 0 spiro atoms. The maximum absolute atomic E-state index is 12.3. The van der Waals surface area contributed by atoms with Crippen LogP contribution in [0.5, 0.6) is 0 Å². The number of carbonyl (C=O) groups is 1. The van der Waals surface area contributed by atoms with Crippen molar-refractivity contribution >= 4 is 23.2 Å². The minimum atomic E-state index is -0.305. The Hall–Kier alpha value is -2.66. The molecule has 1 aromatic carbocycles. The number of anilines is 1. The number of nitrogens with one attached hydrogen (secondary N) is 1. The zero-order valence-corrected chi connectivity index (χ0v) is 11.7. The van der Waals surface area contributed by atoms with Gasteiger partial charge in [0.05, 0.1) is 23.3 Å². The summed E-state index contributed by atoms with van der Waals surface area (Å²) in [5.74, 6) is -0.305. The molecule has 2 heterocycles. The Morgan fingerprint density at radius 1 is 1.14 bits per heavy atom. The fourth-order valence-electron chi connectivity index (χ4n) is 1.95. The third-order valence-corrected chi connectivity index (χ3v) is 3.24. The molecule has 3 aromatic rings. The van der Waals surface area contributed by atoms with Gasteiger partial charge in [-0.25, -0.2) is 9.97 Å². The number of rotatable bonds is 3. The first-order valence-electron chi connectivity index (χ1n) is 6.25. The molecule has 2 aromatic heterocycles. The summed E-state index contributed by atoms with van der Waals surface area (Å²) < 4.78 is 1.82. The molecular weight excluding hydrogens is 288 g/mol. The molecule has 0 atom stereocenters. The van der Waals surface area contributed by atoms with Gasteiger partial charge in [0, 0.05) is 18.6 Å². The number of halogens is 1. The number of nitrogens with zero attached hydrogens (tertiary/aromatic N) is 3. The smallest absolute Gasteiger partial charge is 0.258 e. The Morgan fingerprint density at radius 2 is 2.00 bits per heavy atom. The maximum Gasteiger partial charge on any atom is 0.258 e. The van der Waals surface area contributed by atoms with Gasteiger partial charge in [-0.3, -0.25) is 4.79 Å². The van der Waals surface area contributed by atoms with Crippen molar-refractivity contribution in [3.63, 3.8) is 0 Å². The van der Waals surface area contributed by atoms with Crippen LogP contribution in [0.3, 0.4) is 0 Å². The first kappa shape index (κ1) is 13.3. The number of aromatic nitrogens is 3. The van der Waals surface area contributed by atoms with Crippen molar-refractivity contribution in [1.29, 1.82) is 0 Å². The first-order valence-corrected chi connectivity index (χ1v) is 6.63. The molecule has 0 bridgehead atoms. The van der Waals surface area contributed by atoms with Crippen LogP contribution in [0.25, 0.3) is 5.69 Å². The lowest BCUT2D eigenvalue weighted by molar-refractivity contribution is 0.102. The van der Waals surface area contributed by atoms with Crippen LogP contribution in [0, 0.1) is 0 Å². The highest BCUT2D eigenvalue weighted by molar-refractivity contribution is 6.33. The van der Waals surface area contributed by atoms with Crippen molar-refractivity contribution in [2.24, 2.45) is 0 Å². The minimum absolute atomic E-state index is 0.176. The van der Waals surface area contributed by atoms with E-state index in [0.717, 1.165) is 5.69 Å². The molecule has 21 heavy (non-hydrogen) atoms. The quantitative estimate of drug-likeness (QED) is 0.756. The number of imidazole rings is 1. The monoisotopic (exact) mass is 298 g/mol. The highest BCUT2D eigenvalue weighted by Gasteiger charge is 2.13. The van der Waals surface area contributed by atoms with Gasteiger partial charge in [0.15, 0.2) is 0 Å². The molecule has 0 aliphatic heterocycles. The molecule has 104 valence electrons. The SMILES string of the molecule is O=C(Nc1ccccc1-n1ccnc1)c1cccnc1Cl. The highest BCUT2D eigenvalue weighted by atomic mass is 35.5. The average Bonchev–Trinajstić information content (AvgIpc) is 3.02. The van der Waals surface area contributed by atoms with Crippen LogP contribution in [0.1, 0.15) is 10.4 Å². The molecule has 6 heteroatoms. The fourth-order valence-corrected chi connectivity index (χ4v) is 2.16. The summed E-state index contributed by atoms with van der Waals surface area (Å²) in [7, 11) is 0. The second-order valence-corrected chi connectivity index (χ2v) is 4.64. The van der Waals surface area contributed by atoms with Gasteiger partial charge in [0.1, 0.15) is 5.15 Å². The van der Waals surface area contributed by atoms with E-state index in [0.29, 0.717) is 11.3 Å². The third-order valence-electron chi connectivity index (χ3n) is 2.94. The molecule has 0 fully saturated rings. The first-order chi connectivity index (χ1) is 10.3. The van der Waals surface area contributed by atoms with E-state index in [1.54, 1.807) is 30.9 Å². The zero-order valence-electron chi connectivity index (χ0n) is 10.9. The summed E-state index contributed by atoms with van der Waals surface area (Å²) in [6.07, 6.45) is 6.69. The average molecular weight is 299 g/mol. The highest BCUT2D eigenvalue weighted by Crippen LogP contribution is 2.21. The summed E-state index contributed by atoms with van der Waals surface area (Å²) >= 11 is 5.94. The summed E-state index contributed by atoms with van der Waals surface area (Å²) in [4.78, 5) is 20.2. The van der Waals surface area contributed by atoms with Gasteiger partial charge in [0.25, 0.3) is 5.91 Å². The summed E-state index contributed by atoms with van der Waals surface area (Å²) in [6.45, 7) is 0. The normalized spacial score (nSPS) is 10.3. The summed E-state index contributed by atoms with van der Waals surface area (Å²) in [6, 6.07) is 10.7. The molecule has 0 radical (unpaired) electrons. The van der Waals surface area contributed by atoms with Crippen LogP contribution < -0.4 is 5.32 Å². The van der Waals surface area contributed by atoms with E-state index in [4.69, 9.17) is 11.6 Å². The Labute approximate surface area is 126 Å². The Kier molecular flexibility index (Phi) is 3.66. The second kappa shape index (κ2) is 5.76. The van der Waals surface area contributed by atoms with Gasteiger partial charge in [-0.2, -0.15) is 0 Å². The predicted molar refractivity (Wildman–Crippen MR) is 80.8 cm³/mol. The van der Waals surface area contributed by atoms with E-state index >= 15 is 0 Å². The number of hydrogen-bond acceptors (Lipinski definition) is 3. The summed E-state index contributed by atoms with van der Waals surface area (Å²) in [5, 5.41) is 3.02. The number of carbonyl (C=O) groups excluding carboxylic acids is 1. The van der Waals surface area contributed by atoms with Crippen LogP contribution in [0.15, 0.2) is 61.3 Å².